The quantitative estimate of drug-likeness (QED) is 0.845. The summed E-state index contributed by atoms with van der Waals surface area (Å²) in [6, 6.07) is 4.19. The largest absolute Gasteiger partial charge is 0.350 e. The van der Waals surface area contributed by atoms with Crippen LogP contribution in [0, 0.1) is 12.7 Å². The number of nitrogens with one attached hydrogen (secondary N) is 1. The monoisotopic (exact) mass is 252 g/mol. The van der Waals surface area contributed by atoms with Crippen LogP contribution in [0.1, 0.15) is 42.6 Å². The van der Waals surface area contributed by atoms with Crippen LogP contribution in [-0.4, -0.2) is 18.0 Å². The molecule has 0 saturated carbocycles. The van der Waals surface area contributed by atoms with Gasteiger partial charge in [-0.25, -0.2) is 4.39 Å². The lowest BCUT2D eigenvalue weighted by Gasteiger charge is -2.26. The first kappa shape index (κ1) is 14.6. The summed E-state index contributed by atoms with van der Waals surface area (Å²) in [6.45, 7) is 6.16. The van der Waals surface area contributed by atoms with Crippen LogP contribution in [0.25, 0.3) is 0 Å². The molecule has 0 bridgehead atoms. The van der Waals surface area contributed by atoms with Crippen LogP contribution >= 0.6 is 0 Å². The molecular weight excluding hydrogens is 231 g/mol. The number of rotatable bonds is 5. The SMILES string of the molecule is CCC(N)(CC)CNC(=O)c1cc(F)ccc1C. The van der Waals surface area contributed by atoms with Crippen molar-refractivity contribution in [3.8, 4) is 0 Å². The Morgan fingerprint density at radius 1 is 1.39 bits per heavy atom. The molecule has 0 heterocycles. The van der Waals surface area contributed by atoms with Gasteiger partial charge >= 0.3 is 0 Å². The van der Waals surface area contributed by atoms with Gasteiger partial charge in [-0.05, 0) is 37.5 Å². The van der Waals surface area contributed by atoms with E-state index in [1.54, 1.807) is 13.0 Å². The van der Waals surface area contributed by atoms with E-state index in [0.717, 1.165) is 18.4 Å². The predicted octanol–water partition coefficient (Wildman–Crippen LogP) is 2.38. The lowest BCUT2D eigenvalue weighted by molar-refractivity contribution is 0.0941. The summed E-state index contributed by atoms with van der Waals surface area (Å²) in [7, 11) is 0. The Hall–Kier alpha value is -1.42. The van der Waals surface area contributed by atoms with Crippen LogP contribution in [0.3, 0.4) is 0 Å². The molecule has 0 aliphatic carbocycles. The van der Waals surface area contributed by atoms with Gasteiger partial charge in [-0.15, -0.1) is 0 Å². The van der Waals surface area contributed by atoms with Crippen molar-refractivity contribution in [2.45, 2.75) is 39.2 Å². The van der Waals surface area contributed by atoms with Crippen molar-refractivity contribution in [2.75, 3.05) is 6.54 Å². The summed E-state index contributed by atoms with van der Waals surface area (Å²) in [5, 5.41) is 2.78. The molecule has 0 radical (unpaired) electrons. The van der Waals surface area contributed by atoms with Crippen LogP contribution < -0.4 is 11.1 Å². The molecule has 0 aliphatic rings. The van der Waals surface area contributed by atoms with E-state index in [1.165, 1.54) is 12.1 Å². The Morgan fingerprint density at radius 3 is 2.56 bits per heavy atom. The molecule has 3 nitrogen and oxygen atoms in total. The number of carbonyl (C=O) groups is 1. The van der Waals surface area contributed by atoms with Crippen molar-refractivity contribution in [1.82, 2.24) is 5.32 Å². The van der Waals surface area contributed by atoms with E-state index in [-0.39, 0.29) is 5.91 Å². The van der Waals surface area contributed by atoms with Crippen molar-refractivity contribution in [3.63, 3.8) is 0 Å². The molecule has 0 aliphatic heterocycles. The third-order valence-electron chi connectivity index (χ3n) is 3.45. The van der Waals surface area contributed by atoms with Gasteiger partial charge in [0.25, 0.3) is 5.91 Å². The summed E-state index contributed by atoms with van der Waals surface area (Å²) in [4.78, 5) is 12.0. The fourth-order valence-corrected chi connectivity index (χ4v) is 1.69. The summed E-state index contributed by atoms with van der Waals surface area (Å²) in [5.41, 5.74) is 6.83. The topological polar surface area (TPSA) is 55.1 Å². The normalized spacial score (nSPS) is 11.4. The highest BCUT2D eigenvalue weighted by molar-refractivity contribution is 5.95. The standard InChI is InChI=1S/C14H21FN2O/c1-4-14(16,5-2)9-17-13(18)12-8-11(15)7-6-10(12)3/h6-8H,4-5,9,16H2,1-3H3,(H,17,18). The minimum atomic E-state index is -0.407. The molecule has 1 aromatic carbocycles. The predicted molar refractivity (Wildman–Crippen MR) is 71.0 cm³/mol. The lowest BCUT2D eigenvalue weighted by atomic mass is 9.94. The van der Waals surface area contributed by atoms with Gasteiger partial charge in [0.05, 0.1) is 0 Å². The van der Waals surface area contributed by atoms with Gasteiger partial charge in [-0.2, -0.15) is 0 Å². The minimum Gasteiger partial charge on any atom is -0.350 e. The number of benzene rings is 1. The number of carbonyl (C=O) groups excluding carboxylic acids is 1. The number of hydrogen-bond acceptors (Lipinski definition) is 2. The average molecular weight is 252 g/mol. The molecule has 4 heteroatoms. The van der Waals surface area contributed by atoms with Crippen molar-refractivity contribution in [3.05, 3.63) is 35.1 Å². The molecule has 1 aromatic rings. The Morgan fingerprint density at radius 2 is 2.00 bits per heavy atom. The van der Waals surface area contributed by atoms with Crippen LogP contribution in [0.4, 0.5) is 4.39 Å². The highest BCUT2D eigenvalue weighted by Crippen LogP contribution is 2.12. The molecule has 0 spiro atoms. The number of aryl methyl sites for hydroxylation is 1. The molecule has 3 N–H and O–H groups in total. The molecule has 18 heavy (non-hydrogen) atoms. The van der Waals surface area contributed by atoms with Crippen LogP contribution in [-0.2, 0) is 0 Å². The maximum Gasteiger partial charge on any atom is 0.251 e. The van der Waals surface area contributed by atoms with Gasteiger partial charge in [-0.3, -0.25) is 4.79 Å². The van der Waals surface area contributed by atoms with E-state index in [4.69, 9.17) is 5.73 Å². The summed E-state index contributed by atoms with van der Waals surface area (Å²) in [6.07, 6.45) is 1.57. The second kappa shape index (κ2) is 5.96. The molecule has 1 rings (SSSR count). The third-order valence-corrected chi connectivity index (χ3v) is 3.45. The molecule has 0 saturated heterocycles. The van der Waals surface area contributed by atoms with E-state index in [1.807, 2.05) is 13.8 Å². The van der Waals surface area contributed by atoms with Crippen molar-refractivity contribution < 1.29 is 9.18 Å². The Bertz CT molecular complexity index is 428. The summed E-state index contributed by atoms with van der Waals surface area (Å²) >= 11 is 0. The lowest BCUT2D eigenvalue weighted by Crippen LogP contribution is -2.49. The fourth-order valence-electron chi connectivity index (χ4n) is 1.69. The number of nitrogens with two attached hydrogens (primary N) is 1. The van der Waals surface area contributed by atoms with E-state index >= 15 is 0 Å². The maximum atomic E-state index is 13.1. The van der Waals surface area contributed by atoms with Gasteiger partial charge in [0.15, 0.2) is 0 Å². The smallest absolute Gasteiger partial charge is 0.251 e. The van der Waals surface area contributed by atoms with Crippen molar-refractivity contribution in [1.29, 1.82) is 0 Å². The average Bonchev–Trinajstić information content (AvgIpc) is 2.38. The minimum absolute atomic E-state index is 0.274. The van der Waals surface area contributed by atoms with Gasteiger partial charge in [-0.1, -0.05) is 19.9 Å². The molecule has 0 aromatic heterocycles. The number of amides is 1. The molecule has 0 atom stereocenters. The van der Waals surface area contributed by atoms with Crippen LogP contribution in [0.15, 0.2) is 18.2 Å². The van der Waals surface area contributed by atoms with Crippen LogP contribution in [0.2, 0.25) is 0 Å². The summed E-state index contributed by atoms with van der Waals surface area (Å²) < 4.78 is 13.1. The van der Waals surface area contributed by atoms with Gasteiger partial charge in [0, 0.05) is 17.6 Å². The maximum absolute atomic E-state index is 13.1. The van der Waals surface area contributed by atoms with Crippen LogP contribution in [0.5, 0.6) is 0 Å². The first-order valence-corrected chi connectivity index (χ1v) is 6.25. The molecule has 0 unspecified atom stereocenters. The van der Waals surface area contributed by atoms with Gasteiger partial charge < -0.3 is 11.1 Å². The molecule has 1 amide bonds. The number of hydrogen-bond donors (Lipinski definition) is 2. The molecular formula is C14H21FN2O. The zero-order valence-corrected chi connectivity index (χ0v) is 11.2. The van der Waals surface area contributed by atoms with E-state index in [9.17, 15) is 9.18 Å². The Kier molecular flexibility index (Phi) is 4.84. The Balaban J connectivity index is 2.74. The fraction of sp³-hybridized carbons (Fsp3) is 0.500. The first-order valence-electron chi connectivity index (χ1n) is 6.25. The zero-order chi connectivity index (χ0) is 13.8. The second-order valence-electron chi connectivity index (χ2n) is 4.71. The van der Waals surface area contributed by atoms with E-state index in [0.29, 0.717) is 12.1 Å². The molecule has 100 valence electrons. The van der Waals surface area contributed by atoms with Crippen molar-refractivity contribution in [2.24, 2.45) is 5.73 Å². The highest BCUT2D eigenvalue weighted by Gasteiger charge is 2.21. The summed E-state index contributed by atoms with van der Waals surface area (Å²) in [5.74, 6) is -0.681. The third kappa shape index (κ3) is 3.53. The zero-order valence-electron chi connectivity index (χ0n) is 11.2. The Labute approximate surface area is 108 Å². The van der Waals surface area contributed by atoms with E-state index < -0.39 is 11.4 Å². The first-order chi connectivity index (χ1) is 8.41. The van der Waals surface area contributed by atoms with Crippen molar-refractivity contribution >= 4 is 5.91 Å². The number of halogens is 1. The second-order valence-corrected chi connectivity index (χ2v) is 4.71. The molecule has 0 fully saturated rings. The van der Waals surface area contributed by atoms with Gasteiger partial charge in [0.2, 0.25) is 0 Å². The highest BCUT2D eigenvalue weighted by atomic mass is 19.1. The van der Waals surface area contributed by atoms with Gasteiger partial charge in [0.1, 0.15) is 5.82 Å². The van der Waals surface area contributed by atoms with E-state index in [2.05, 4.69) is 5.32 Å².